The van der Waals surface area contributed by atoms with E-state index < -0.39 is 23.3 Å². The van der Waals surface area contributed by atoms with E-state index >= 15 is 0 Å². The second-order valence-electron chi connectivity index (χ2n) is 7.05. The maximum atomic E-state index is 13.5. The van der Waals surface area contributed by atoms with Crippen LogP contribution in [0.4, 0.5) is 5.69 Å². The molecule has 150 valence electrons. The van der Waals surface area contributed by atoms with Gasteiger partial charge in [-0.25, -0.2) is 4.79 Å². The van der Waals surface area contributed by atoms with Gasteiger partial charge in [-0.2, -0.15) is 0 Å². The summed E-state index contributed by atoms with van der Waals surface area (Å²) in [6.07, 6.45) is 1.41. The lowest BCUT2D eigenvalue weighted by molar-refractivity contribution is -0.143. The molecule has 0 unspecified atom stereocenters. The topological polar surface area (TPSA) is 76.0 Å². The van der Waals surface area contributed by atoms with Crippen molar-refractivity contribution in [2.75, 3.05) is 19.1 Å². The average molecular weight is 457 g/mol. The van der Waals surface area contributed by atoms with Crippen molar-refractivity contribution in [3.63, 3.8) is 0 Å². The number of benzene rings is 2. The Morgan fingerprint density at radius 2 is 1.69 bits per heavy atom. The van der Waals surface area contributed by atoms with Crippen LogP contribution < -0.4 is 4.90 Å². The Morgan fingerprint density at radius 3 is 2.31 bits per heavy atom. The highest BCUT2D eigenvalue weighted by atomic mass is 79.9. The maximum Gasteiger partial charge on any atom is 0.331 e. The van der Waals surface area contributed by atoms with Gasteiger partial charge < -0.3 is 9.64 Å². The molecule has 1 amide bonds. The molecule has 0 spiro atoms. The van der Waals surface area contributed by atoms with Gasteiger partial charge >= 0.3 is 5.97 Å². The van der Waals surface area contributed by atoms with Crippen LogP contribution in [0.15, 0.2) is 64.1 Å². The first kappa shape index (κ1) is 20.9. The number of carbonyl (C=O) groups is 3. The highest BCUT2D eigenvalue weighted by molar-refractivity contribution is 9.10. The molecule has 0 saturated carbocycles. The number of hydrogen-bond donors (Lipinski definition) is 0. The number of halogens is 1. The number of anilines is 1. The van der Waals surface area contributed by atoms with Gasteiger partial charge in [-0.05, 0) is 25.1 Å². The van der Waals surface area contributed by atoms with Crippen LogP contribution in [-0.4, -0.2) is 44.1 Å². The Kier molecular flexibility index (Phi) is 5.98. The number of para-hydroxylation sites is 1. The third kappa shape index (κ3) is 3.74. The minimum atomic E-state index is -1.31. The second kappa shape index (κ2) is 8.29. The highest BCUT2D eigenvalue weighted by Gasteiger charge is 2.55. The van der Waals surface area contributed by atoms with Crippen molar-refractivity contribution in [1.29, 1.82) is 0 Å². The van der Waals surface area contributed by atoms with Crippen molar-refractivity contribution in [2.45, 2.75) is 13.0 Å². The molecule has 0 bridgehead atoms. The van der Waals surface area contributed by atoms with Gasteiger partial charge in [0.1, 0.15) is 0 Å². The summed E-state index contributed by atoms with van der Waals surface area (Å²) in [6, 6.07) is 14.9. The van der Waals surface area contributed by atoms with Gasteiger partial charge in [0.15, 0.2) is 11.8 Å². The number of rotatable bonds is 5. The number of esters is 1. The first-order chi connectivity index (χ1) is 13.8. The van der Waals surface area contributed by atoms with Gasteiger partial charge in [0.25, 0.3) is 0 Å². The van der Waals surface area contributed by atoms with Gasteiger partial charge in [-0.3, -0.25) is 14.6 Å². The summed E-state index contributed by atoms with van der Waals surface area (Å²) in [5.41, 5.74) is -0.241. The zero-order valence-electron chi connectivity index (χ0n) is 16.3. The van der Waals surface area contributed by atoms with E-state index in [2.05, 4.69) is 20.9 Å². The molecule has 0 aromatic heterocycles. The van der Waals surface area contributed by atoms with Crippen LogP contribution in [0, 0.1) is 11.3 Å². The van der Waals surface area contributed by atoms with E-state index in [0.29, 0.717) is 15.7 Å². The molecule has 0 N–H and O–H groups in total. The number of ether oxygens (including phenoxy) is 1. The summed E-state index contributed by atoms with van der Waals surface area (Å²) in [4.78, 5) is 45.0. The smallest absolute Gasteiger partial charge is 0.331 e. The van der Waals surface area contributed by atoms with Gasteiger partial charge in [0, 0.05) is 29.0 Å². The molecule has 1 aliphatic rings. The van der Waals surface area contributed by atoms with Gasteiger partial charge in [-0.1, -0.05) is 52.3 Å². The second-order valence-corrected chi connectivity index (χ2v) is 7.90. The van der Waals surface area contributed by atoms with Crippen LogP contribution in [0.1, 0.15) is 17.3 Å². The molecule has 2 aromatic carbocycles. The van der Waals surface area contributed by atoms with Gasteiger partial charge in [0.2, 0.25) is 5.91 Å². The fourth-order valence-corrected chi connectivity index (χ4v) is 4.09. The van der Waals surface area contributed by atoms with Crippen molar-refractivity contribution < 1.29 is 19.1 Å². The lowest BCUT2D eigenvalue weighted by Crippen LogP contribution is -2.50. The van der Waals surface area contributed by atoms with Gasteiger partial charge in [-0.15, -0.1) is 0 Å². The summed E-state index contributed by atoms with van der Waals surface area (Å²) in [5.74, 6) is -2.34. The number of Topliss-reactive ketones (excluding diaryl/α,β-unsaturated/α-hetero) is 1. The Bertz CT molecular complexity index is 976. The number of methoxy groups -OCH3 is 1. The first-order valence-corrected chi connectivity index (χ1v) is 9.84. The number of nitrogens with zero attached hydrogens (tertiary/aromatic N) is 2. The molecule has 0 fully saturated rings. The fourth-order valence-electron chi connectivity index (χ4n) is 3.61. The standard InChI is InChI=1S/C22H21BrN2O4/c1-22(21(28)25(2)14-9-5-4-6-10-14)13-24-18(20(27)29-3)17(22)19(26)15-11-7-8-12-16(15)23/h4-13,17-18H,1-3H3/t17-,18-,22-/m1/s1. The Balaban J connectivity index is 2.04. The molecular weight excluding hydrogens is 436 g/mol. The first-order valence-electron chi connectivity index (χ1n) is 9.05. The SMILES string of the molecule is COC(=O)[C@@H]1N=C[C@@](C)(C(=O)N(C)c2ccccc2)[C@H]1C(=O)c1ccccc1Br. The van der Waals surface area contributed by atoms with Crippen molar-refractivity contribution in [3.8, 4) is 0 Å². The Labute approximate surface area is 177 Å². The van der Waals surface area contributed by atoms with Crippen molar-refractivity contribution >= 4 is 45.5 Å². The van der Waals surface area contributed by atoms with E-state index in [9.17, 15) is 14.4 Å². The molecule has 0 radical (unpaired) electrons. The summed E-state index contributed by atoms with van der Waals surface area (Å²) in [5, 5.41) is 0. The number of aliphatic imine (C=N–C) groups is 1. The molecule has 1 aliphatic heterocycles. The molecule has 29 heavy (non-hydrogen) atoms. The van der Waals surface area contributed by atoms with Crippen LogP contribution in [0.3, 0.4) is 0 Å². The number of ketones is 1. The van der Waals surface area contributed by atoms with Crippen LogP contribution in [0.5, 0.6) is 0 Å². The van der Waals surface area contributed by atoms with Crippen LogP contribution in [0.2, 0.25) is 0 Å². The average Bonchev–Trinajstić information content (AvgIpc) is 3.11. The molecule has 7 heteroatoms. The minimum Gasteiger partial charge on any atom is -0.467 e. The zero-order chi connectivity index (χ0) is 21.2. The summed E-state index contributed by atoms with van der Waals surface area (Å²) in [6.45, 7) is 1.64. The molecule has 1 heterocycles. The van der Waals surface area contributed by atoms with E-state index in [-0.39, 0.29) is 11.7 Å². The van der Waals surface area contributed by atoms with Crippen molar-refractivity contribution in [1.82, 2.24) is 0 Å². The largest absolute Gasteiger partial charge is 0.467 e. The normalized spacial score (nSPS) is 22.9. The van der Waals surface area contributed by atoms with E-state index in [0.717, 1.165) is 0 Å². The minimum absolute atomic E-state index is 0.329. The predicted molar refractivity (Wildman–Crippen MR) is 114 cm³/mol. The maximum absolute atomic E-state index is 13.5. The summed E-state index contributed by atoms with van der Waals surface area (Å²) in [7, 11) is 2.88. The van der Waals surface area contributed by atoms with Crippen LogP contribution >= 0.6 is 15.9 Å². The quantitative estimate of drug-likeness (QED) is 0.509. The Morgan fingerprint density at radius 1 is 1.07 bits per heavy atom. The zero-order valence-corrected chi connectivity index (χ0v) is 17.9. The van der Waals surface area contributed by atoms with E-state index in [4.69, 9.17) is 4.74 Å². The predicted octanol–water partition coefficient (Wildman–Crippen LogP) is 3.54. The number of hydrogen-bond acceptors (Lipinski definition) is 5. The molecule has 0 saturated heterocycles. The van der Waals surface area contributed by atoms with Crippen LogP contribution in [0.25, 0.3) is 0 Å². The lowest BCUT2D eigenvalue weighted by Gasteiger charge is -2.33. The molecule has 6 nitrogen and oxygen atoms in total. The number of amides is 1. The third-order valence-corrected chi connectivity index (χ3v) is 5.93. The lowest BCUT2D eigenvalue weighted by atomic mass is 9.71. The molecular formula is C22H21BrN2O4. The molecule has 3 atom stereocenters. The van der Waals surface area contributed by atoms with E-state index in [1.54, 1.807) is 50.4 Å². The molecule has 0 aliphatic carbocycles. The third-order valence-electron chi connectivity index (χ3n) is 5.24. The summed E-state index contributed by atoms with van der Waals surface area (Å²) >= 11 is 3.39. The Hall–Kier alpha value is -2.80. The van der Waals surface area contributed by atoms with Crippen molar-refractivity contribution in [3.05, 3.63) is 64.6 Å². The van der Waals surface area contributed by atoms with Gasteiger partial charge in [0.05, 0.1) is 18.4 Å². The van der Waals surface area contributed by atoms with E-state index in [1.807, 2.05) is 18.2 Å². The molecule has 2 aromatic rings. The fraction of sp³-hybridized carbons (Fsp3) is 0.273. The molecule has 3 rings (SSSR count). The number of carbonyl (C=O) groups excluding carboxylic acids is 3. The van der Waals surface area contributed by atoms with E-state index in [1.165, 1.54) is 18.2 Å². The highest BCUT2D eigenvalue weighted by Crippen LogP contribution is 2.41. The van der Waals surface area contributed by atoms with Crippen molar-refractivity contribution in [2.24, 2.45) is 16.3 Å². The summed E-state index contributed by atoms with van der Waals surface area (Å²) < 4.78 is 5.45. The van der Waals surface area contributed by atoms with Crippen LogP contribution in [-0.2, 0) is 14.3 Å². The monoisotopic (exact) mass is 456 g/mol.